The number of hydrogen-bond acceptors (Lipinski definition) is 4. The number of carbonyl (C=O) groups excluding carboxylic acids is 1. The van der Waals surface area contributed by atoms with Gasteiger partial charge in [-0.25, -0.2) is 4.98 Å². The lowest BCUT2D eigenvalue weighted by Crippen LogP contribution is -2.25. The molecule has 4 nitrogen and oxygen atoms in total. The van der Waals surface area contributed by atoms with Crippen molar-refractivity contribution < 1.29 is 4.79 Å². The largest absolute Gasteiger partial charge is 0.399 e. The number of benzene rings is 1. The highest BCUT2D eigenvalue weighted by Crippen LogP contribution is 2.32. The van der Waals surface area contributed by atoms with Crippen molar-refractivity contribution in [2.75, 3.05) is 10.6 Å². The number of anilines is 2. The van der Waals surface area contributed by atoms with Crippen LogP contribution in [-0.4, -0.2) is 10.9 Å². The van der Waals surface area contributed by atoms with E-state index in [1.807, 2.05) is 30.5 Å². The first-order valence-corrected chi connectivity index (χ1v) is 6.61. The van der Waals surface area contributed by atoms with E-state index in [9.17, 15) is 4.79 Å². The number of nitrogen functional groups attached to an aromatic ring is 1. The van der Waals surface area contributed by atoms with Crippen molar-refractivity contribution in [3.8, 4) is 0 Å². The molecule has 0 saturated heterocycles. The van der Waals surface area contributed by atoms with Gasteiger partial charge >= 0.3 is 0 Å². The van der Waals surface area contributed by atoms with Gasteiger partial charge in [0.05, 0.1) is 13.0 Å². The van der Waals surface area contributed by atoms with E-state index in [4.69, 9.17) is 5.73 Å². The lowest BCUT2D eigenvalue weighted by atomic mass is 10.1. The molecule has 0 atom stereocenters. The molecule has 0 saturated carbocycles. The van der Waals surface area contributed by atoms with Gasteiger partial charge in [0.1, 0.15) is 5.01 Å². The molecule has 1 aromatic heterocycles. The number of carbonyl (C=O) groups is 1. The molecule has 1 aliphatic heterocycles. The van der Waals surface area contributed by atoms with Gasteiger partial charge in [0.15, 0.2) is 0 Å². The van der Waals surface area contributed by atoms with Gasteiger partial charge in [-0.3, -0.25) is 4.79 Å². The van der Waals surface area contributed by atoms with Crippen LogP contribution < -0.4 is 10.6 Å². The van der Waals surface area contributed by atoms with Crippen molar-refractivity contribution in [3.63, 3.8) is 0 Å². The normalized spacial score (nSPS) is 14.1. The van der Waals surface area contributed by atoms with Gasteiger partial charge in [-0.2, -0.15) is 0 Å². The minimum Gasteiger partial charge on any atom is -0.399 e. The van der Waals surface area contributed by atoms with E-state index in [0.29, 0.717) is 18.7 Å². The fraction of sp³-hybridized carbons (Fsp3) is 0.231. The lowest BCUT2D eigenvalue weighted by Gasteiger charge is -2.15. The van der Waals surface area contributed by atoms with E-state index in [2.05, 4.69) is 4.98 Å². The van der Waals surface area contributed by atoms with E-state index in [1.54, 1.807) is 16.2 Å². The fourth-order valence-corrected chi connectivity index (χ4v) is 2.95. The summed E-state index contributed by atoms with van der Waals surface area (Å²) in [7, 11) is 0. The molecule has 2 heterocycles. The third-order valence-electron chi connectivity index (χ3n) is 3.00. The first kappa shape index (κ1) is 11.2. The van der Waals surface area contributed by atoms with Crippen LogP contribution in [0.1, 0.15) is 16.3 Å². The number of thiazole rings is 1. The second-order valence-electron chi connectivity index (χ2n) is 4.43. The Morgan fingerprint density at radius 2 is 2.33 bits per heavy atom. The monoisotopic (exact) mass is 259 g/mol. The molecule has 0 radical (unpaired) electrons. The molecular formula is C13H13N3OS. The second-order valence-corrected chi connectivity index (χ2v) is 5.37. The van der Waals surface area contributed by atoms with Gasteiger partial charge in [0, 0.05) is 22.4 Å². The molecule has 1 aliphatic rings. The first-order valence-electron chi connectivity index (χ1n) is 5.73. The third kappa shape index (κ3) is 1.86. The smallest absolute Gasteiger partial charge is 0.231 e. The zero-order valence-electron chi connectivity index (χ0n) is 10.0. The van der Waals surface area contributed by atoms with Gasteiger partial charge in [-0.1, -0.05) is 0 Å². The number of nitrogens with zero attached hydrogens (tertiary/aromatic N) is 2. The molecular weight excluding hydrogens is 246 g/mol. The minimum absolute atomic E-state index is 0.114. The van der Waals surface area contributed by atoms with Crippen LogP contribution in [0.5, 0.6) is 0 Å². The molecule has 18 heavy (non-hydrogen) atoms. The van der Waals surface area contributed by atoms with Crippen molar-refractivity contribution in [2.24, 2.45) is 0 Å². The summed E-state index contributed by atoms with van der Waals surface area (Å²) in [6, 6.07) is 5.62. The van der Waals surface area contributed by atoms with E-state index in [0.717, 1.165) is 22.0 Å². The summed E-state index contributed by atoms with van der Waals surface area (Å²) >= 11 is 1.59. The predicted molar refractivity (Wildman–Crippen MR) is 72.6 cm³/mol. The summed E-state index contributed by atoms with van der Waals surface area (Å²) in [5, 5.41) is 2.96. The molecule has 0 fully saturated rings. The van der Waals surface area contributed by atoms with Crippen molar-refractivity contribution in [1.82, 2.24) is 4.98 Å². The van der Waals surface area contributed by atoms with E-state index in [-0.39, 0.29) is 5.91 Å². The molecule has 1 aromatic carbocycles. The Morgan fingerprint density at radius 3 is 3.06 bits per heavy atom. The van der Waals surface area contributed by atoms with Gasteiger partial charge in [-0.15, -0.1) is 11.3 Å². The Hall–Kier alpha value is -1.88. The molecule has 0 aliphatic carbocycles. The summed E-state index contributed by atoms with van der Waals surface area (Å²) in [5.41, 5.74) is 9.41. The Bertz CT molecular complexity index is 620. The Morgan fingerprint density at radius 1 is 1.50 bits per heavy atom. The molecule has 2 N–H and O–H groups in total. The van der Waals surface area contributed by atoms with Gasteiger partial charge in [0.25, 0.3) is 0 Å². The van der Waals surface area contributed by atoms with Crippen LogP contribution in [0.25, 0.3) is 0 Å². The third-order valence-corrected chi connectivity index (χ3v) is 3.95. The Labute approximate surface area is 109 Å². The number of amides is 1. The summed E-state index contributed by atoms with van der Waals surface area (Å²) in [5.74, 6) is 0.114. The van der Waals surface area contributed by atoms with Crippen LogP contribution in [0.2, 0.25) is 0 Å². The van der Waals surface area contributed by atoms with Gasteiger partial charge in [0.2, 0.25) is 5.91 Å². The zero-order chi connectivity index (χ0) is 12.7. The first-order chi connectivity index (χ1) is 8.63. The molecule has 0 bridgehead atoms. The van der Waals surface area contributed by atoms with Gasteiger partial charge < -0.3 is 10.6 Å². The minimum atomic E-state index is 0.114. The topological polar surface area (TPSA) is 59.2 Å². The van der Waals surface area contributed by atoms with E-state index < -0.39 is 0 Å². The number of aromatic nitrogens is 1. The standard InChI is InChI=1S/C13H13N3OS/c1-8-7-18-12(15-8)6-16-11-3-2-10(14)4-9(11)5-13(16)17/h2-4,7H,5-6,14H2,1H3. The van der Waals surface area contributed by atoms with E-state index >= 15 is 0 Å². The van der Waals surface area contributed by atoms with Crippen molar-refractivity contribution in [1.29, 1.82) is 0 Å². The van der Waals surface area contributed by atoms with Crippen LogP contribution >= 0.6 is 11.3 Å². The highest BCUT2D eigenvalue weighted by molar-refractivity contribution is 7.09. The Balaban J connectivity index is 1.92. The second kappa shape index (κ2) is 4.10. The van der Waals surface area contributed by atoms with Gasteiger partial charge in [-0.05, 0) is 30.7 Å². The quantitative estimate of drug-likeness (QED) is 0.840. The fourth-order valence-electron chi connectivity index (χ4n) is 2.19. The maximum Gasteiger partial charge on any atom is 0.231 e. The van der Waals surface area contributed by atoms with Crippen LogP contribution in [-0.2, 0) is 17.8 Å². The van der Waals surface area contributed by atoms with Crippen LogP contribution in [0.4, 0.5) is 11.4 Å². The molecule has 92 valence electrons. The number of fused-ring (bicyclic) bond motifs is 1. The molecule has 1 amide bonds. The predicted octanol–water partition coefficient (Wildman–Crippen LogP) is 2.12. The highest BCUT2D eigenvalue weighted by Gasteiger charge is 2.27. The Kier molecular flexibility index (Phi) is 2.56. The van der Waals surface area contributed by atoms with Crippen LogP contribution in [0.15, 0.2) is 23.6 Å². The SMILES string of the molecule is Cc1csc(CN2C(=O)Cc3cc(N)ccc32)n1. The average Bonchev–Trinajstić information content (AvgIpc) is 2.84. The summed E-state index contributed by atoms with van der Waals surface area (Å²) in [6.45, 7) is 2.51. The van der Waals surface area contributed by atoms with E-state index in [1.165, 1.54) is 0 Å². The number of hydrogen-bond donors (Lipinski definition) is 1. The number of rotatable bonds is 2. The highest BCUT2D eigenvalue weighted by atomic mass is 32.1. The van der Waals surface area contributed by atoms with Crippen molar-refractivity contribution >= 4 is 28.6 Å². The average molecular weight is 259 g/mol. The number of nitrogens with two attached hydrogens (primary N) is 1. The summed E-state index contributed by atoms with van der Waals surface area (Å²) in [6.07, 6.45) is 0.435. The van der Waals surface area contributed by atoms with Crippen LogP contribution in [0, 0.1) is 6.92 Å². The van der Waals surface area contributed by atoms with Crippen molar-refractivity contribution in [2.45, 2.75) is 19.9 Å². The lowest BCUT2D eigenvalue weighted by molar-refractivity contribution is -0.117. The molecule has 2 aromatic rings. The molecule has 0 spiro atoms. The maximum absolute atomic E-state index is 12.0. The van der Waals surface area contributed by atoms with Crippen molar-refractivity contribution in [3.05, 3.63) is 39.8 Å². The summed E-state index contributed by atoms with van der Waals surface area (Å²) < 4.78 is 0. The number of aryl methyl sites for hydroxylation is 1. The molecule has 5 heteroatoms. The maximum atomic E-state index is 12.0. The molecule has 3 rings (SSSR count). The zero-order valence-corrected chi connectivity index (χ0v) is 10.8. The summed E-state index contributed by atoms with van der Waals surface area (Å²) in [4.78, 5) is 18.2. The molecule has 0 unspecified atom stereocenters. The van der Waals surface area contributed by atoms with Crippen LogP contribution in [0.3, 0.4) is 0 Å².